The second kappa shape index (κ2) is 13.4. The van der Waals surface area contributed by atoms with Crippen molar-refractivity contribution < 1.29 is 9.05 Å². The van der Waals surface area contributed by atoms with Gasteiger partial charge in [-0.2, -0.15) is 0 Å². The number of hydrogen-bond acceptors (Lipinski definition) is 5. The number of rotatable bonds is 9. The van der Waals surface area contributed by atoms with Crippen molar-refractivity contribution in [1.29, 1.82) is 0 Å². The minimum atomic E-state index is -2.06. The smallest absolute Gasteiger partial charge is 0.228 e. The van der Waals surface area contributed by atoms with E-state index in [0.717, 1.165) is 32.9 Å². The summed E-state index contributed by atoms with van der Waals surface area (Å²) in [7, 11) is -4.12. The molecule has 0 unspecified atom stereocenters. The van der Waals surface area contributed by atoms with Gasteiger partial charge in [0.2, 0.25) is 16.6 Å². The van der Waals surface area contributed by atoms with Crippen molar-refractivity contribution in [3.8, 4) is 0 Å². The second-order valence-corrected chi connectivity index (χ2v) is 27.8. The Labute approximate surface area is 291 Å². The maximum Gasteiger partial charge on any atom is 0.228 e. The topological polar surface area (TPSA) is 28.2 Å². The summed E-state index contributed by atoms with van der Waals surface area (Å²) >= 11 is 3.62. The van der Waals surface area contributed by atoms with E-state index in [2.05, 4.69) is 213 Å². The van der Waals surface area contributed by atoms with Crippen LogP contribution >= 0.6 is 15.9 Å². The maximum atomic E-state index is 6.89. The molecule has 0 aliphatic rings. The van der Waals surface area contributed by atoms with E-state index >= 15 is 0 Å². The lowest BCUT2D eigenvalue weighted by atomic mass is 10.1. The number of hydrogen-bond donors (Lipinski definition) is 0. The molecule has 0 amide bonds. The zero-order chi connectivity index (χ0) is 35.1. The van der Waals surface area contributed by atoms with Crippen LogP contribution in [0.15, 0.2) is 77.3 Å². The van der Waals surface area contributed by atoms with Crippen LogP contribution < -0.4 is 15.0 Å². The first kappa shape index (κ1) is 38.3. The first-order valence-electron chi connectivity index (χ1n) is 16.5. The Kier molecular flexibility index (Phi) is 11.2. The van der Waals surface area contributed by atoms with Crippen LogP contribution in [0.1, 0.15) is 83.1 Å². The summed E-state index contributed by atoms with van der Waals surface area (Å²) in [5.41, 5.74) is 4.92. The highest BCUT2D eigenvalue weighted by atomic mass is 79.9. The molecular formula is C38H60BrN3O2Si2. The van der Waals surface area contributed by atoms with Crippen LogP contribution in [0, 0.1) is 0 Å². The molecule has 0 atom stereocenters. The van der Waals surface area contributed by atoms with Crippen molar-refractivity contribution in [2.24, 2.45) is 0 Å². The van der Waals surface area contributed by atoms with Gasteiger partial charge in [0.1, 0.15) is 0 Å². The third kappa shape index (κ3) is 9.07. The molecule has 0 aliphatic heterocycles. The molecular weight excluding hydrogens is 667 g/mol. The van der Waals surface area contributed by atoms with E-state index in [1.54, 1.807) is 0 Å². The summed E-state index contributed by atoms with van der Waals surface area (Å²) < 4.78 is 14.8. The van der Waals surface area contributed by atoms with E-state index in [1.807, 2.05) is 0 Å². The molecule has 46 heavy (non-hydrogen) atoms. The van der Waals surface area contributed by atoms with Crippen molar-refractivity contribution in [3.05, 3.63) is 77.3 Å². The van der Waals surface area contributed by atoms with Crippen molar-refractivity contribution in [3.63, 3.8) is 0 Å². The summed E-state index contributed by atoms with van der Waals surface area (Å²) in [6.07, 6.45) is 0. The molecule has 5 nitrogen and oxygen atoms in total. The van der Waals surface area contributed by atoms with Crippen LogP contribution in [0.25, 0.3) is 0 Å². The zero-order valence-corrected chi connectivity index (χ0v) is 35.1. The number of anilines is 5. The third-order valence-corrected chi connectivity index (χ3v) is 18.3. The van der Waals surface area contributed by atoms with E-state index in [-0.39, 0.29) is 21.2 Å². The highest BCUT2D eigenvalue weighted by Gasteiger charge is 2.43. The van der Waals surface area contributed by atoms with Gasteiger partial charge >= 0.3 is 0 Å². The fourth-order valence-corrected chi connectivity index (χ4v) is 6.88. The van der Waals surface area contributed by atoms with Crippen LogP contribution in [-0.2, 0) is 9.05 Å². The number of halogens is 1. The van der Waals surface area contributed by atoms with E-state index in [1.165, 1.54) is 0 Å². The van der Waals surface area contributed by atoms with Crippen LogP contribution in [0.5, 0.6) is 0 Å². The molecule has 0 aromatic heterocycles. The van der Waals surface area contributed by atoms with Gasteiger partial charge in [-0.1, -0.05) is 57.5 Å². The Morgan fingerprint density at radius 1 is 0.435 bits per heavy atom. The minimum Gasteiger partial charge on any atom is -0.319 e. The molecule has 254 valence electrons. The Hall–Kier alpha value is -2.11. The SMILES string of the molecule is CC(C)(C)N(O[Si](C)(C)C(C)(C)C)c1ccc(N(c2ccc(Br)cc2)c2ccc(N(O[Si](C)(C)C(C)(C)C)C(C)(C)C)cc2)cc1. The molecule has 3 aromatic rings. The highest BCUT2D eigenvalue weighted by molar-refractivity contribution is 9.10. The number of nitrogens with zero attached hydrogens (tertiary/aromatic N) is 3. The van der Waals surface area contributed by atoms with Gasteiger partial charge in [-0.3, -0.25) is 10.1 Å². The van der Waals surface area contributed by atoms with Crippen molar-refractivity contribution in [1.82, 2.24) is 0 Å². The first-order chi connectivity index (χ1) is 20.7. The lowest BCUT2D eigenvalue weighted by Crippen LogP contribution is -2.52. The quantitative estimate of drug-likeness (QED) is 0.162. The highest BCUT2D eigenvalue weighted by Crippen LogP contribution is 2.43. The van der Waals surface area contributed by atoms with Gasteiger partial charge in [0.25, 0.3) is 0 Å². The molecule has 0 heterocycles. The molecule has 8 heteroatoms. The monoisotopic (exact) mass is 725 g/mol. The number of benzene rings is 3. The Morgan fingerprint density at radius 2 is 0.674 bits per heavy atom. The lowest BCUT2D eigenvalue weighted by molar-refractivity contribution is 0.185. The minimum absolute atomic E-state index is 0.0965. The van der Waals surface area contributed by atoms with Crippen LogP contribution in [-0.4, -0.2) is 27.7 Å². The third-order valence-electron chi connectivity index (χ3n) is 9.24. The van der Waals surface area contributed by atoms with Gasteiger partial charge < -0.3 is 14.0 Å². The fourth-order valence-electron chi connectivity index (χ4n) is 4.40. The normalized spacial score (nSPS) is 13.5. The molecule has 3 rings (SSSR count). The molecule has 0 aliphatic carbocycles. The van der Waals surface area contributed by atoms with Gasteiger partial charge in [-0.25, -0.2) is 0 Å². The summed E-state index contributed by atoms with van der Waals surface area (Å²) in [6, 6.07) is 26.0. The van der Waals surface area contributed by atoms with Crippen LogP contribution in [0.3, 0.4) is 0 Å². The van der Waals surface area contributed by atoms with Gasteiger partial charge in [0.15, 0.2) is 0 Å². The molecule has 0 saturated carbocycles. The molecule has 0 fully saturated rings. The Bertz CT molecular complexity index is 1340. The molecule has 0 saturated heterocycles. The summed E-state index contributed by atoms with van der Waals surface area (Å²) in [5, 5.41) is 4.44. The molecule has 0 N–H and O–H groups in total. The van der Waals surface area contributed by atoms with Crippen molar-refractivity contribution in [2.75, 3.05) is 15.0 Å². The summed E-state index contributed by atoms with van der Waals surface area (Å²) in [5.74, 6) is 0. The fraction of sp³-hybridized carbons (Fsp3) is 0.526. The van der Waals surface area contributed by atoms with Gasteiger partial charge in [-0.05, 0) is 151 Å². The second-order valence-electron chi connectivity index (χ2n) is 17.5. The molecule has 0 bridgehead atoms. The van der Waals surface area contributed by atoms with E-state index in [0.29, 0.717) is 0 Å². The van der Waals surface area contributed by atoms with Crippen LogP contribution in [0.4, 0.5) is 28.4 Å². The zero-order valence-electron chi connectivity index (χ0n) is 31.5. The summed E-state index contributed by atoms with van der Waals surface area (Å²) in [4.78, 5) is 2.30. The average Bonchev–Trinajstić information content (AvgIpc) is 2.90. The van der Waals surface area contributed by atoms with E-state index < -0.39 is 16.6 Å². The number of hydroxylamine groups is 2. The van der Waals surface area contributed by atoms with Gasteiger partial charge in [0, 0.05) is 21.5 Å². The lowest BCUT2D eigenvalue weighted by Gasteiger charge is -2.46. The predicted octanol–water partition coefficient (Wildman–Crippen LogP) is 13.0. The van der Waals surface area contributed by atoms with Gasteiger partial charge in [0.05, 0.1) is 22.5 Å². The molecule has 0 spiro atoms. The summed E-state index contributed by atoms with van der Waals surface area (Å²) in [6.45, 7) is 36.2. The molecule has 0 radical (unpaired) electrons. The van der Waals surface area contributed by atoms with E-state index in [4.69, 9.17) is 9.05 Å². The van der Waals surface area contributed by atoms with E-state index in [9.17, 15) is 0 Å². The standard InChI is InChI=1S/C38H60BrN3O2Si2/c1-35(2,3)41(43-45(13,14)37(7,8)9)33-25-21-31(22-26-33)40(30-19-17-29(39)18-20-30)32-23-27-34(28-24-32)42(36(4,5)6)44-46(15,16)38(10,11)12/h17-28H,1-16H3. The maximum absolute atomic E-state index is 6.89. The van der Waals surface area contributed by atoms with Gasteiger partial charge in [-0.15, -0.1) is 0 Å². The predicted molar refractivity (Wildman–Crippen MR) is 210 cm³/mol. The van der Waals surface area contributed by atoms with Crippen LogP contribution in [0.2, 0.25) is 36.3 Å². The Morgan fingerprint density at radius 3 is 0.913 bits per heavy atom. The molecule has 3 aromatic carbocycles. The Balaban J connectivity index is 2.07. The largest absolute Gasteiger partial charge is 0.319 e. The first-order valence-corrected chi connectivity index (χ1v) is 23.1. The van der Waals surface area contributed by atoms with Crippen molar-refractivity contribution in [2.45, 2.75) is 130 Å². The van der Waals surface area contributed by atoms with Crippen molar-refractivity contribution >= 4 is 61.0 Å². The average molecular weight is 727 g/mol.